The van der Waals surface area contributed by atoms with E-state index >= 15 is 0 Å². The Balaban J connectivity index is 0.00000169. The van der Waals surface area contributed by atoms with Crippen molar-refractivity contribution in [2.75, 3.05) is 26.7 Å². The number of hydrogen-bond donors (Lipinski definition) is 1. The highest BCUT2D eigenvalue weighted by atomic mass is 35.5. The first-order valence-corrected chi connectivity index (χ1v) is 5.57. The monoisotopic (exact) mass is 240 g/mol. The highest BCUT2D eigenvalue weighted by Crippen LogP contribution is 2.20. The van der Waals surface area contributed by atoms with Gasteiger partial charge in [-0.3, -0.25) is 0 Å². The molecular weight excluding hydrogens is 219 g/mol. The van der Waals surface area contributed by atoms with Gasteiger partial charge in [-0.05, 0) is 25.6 Å². The summed E-state index contributed by atoms with van der Waals surface area (Å²) in [6.07, 6.45) is 3.93. The molecule has 0 bridgehead atoms. The van der Waals surface area contributed by atoms with Crippen molar-refractivity contribution in [3.63, 3.8) is 0 Å². The summed E-state index contributed by atoms with van der Waals surface area (Å²) in [5, 5.41) is 0. The van der Waals surface area contributed by atoms with Crippen molar-refractivity contribution in [1.82, 2.24) is 4.84 Å². The lowest BCUT2D eigenvalue weighted by Crippen LogP contribution is -3.00. The standard InChI is InChI=1S/C10H22ClN2.ClH/c1-10(2,12-11)6-9-13(3)7-4-5-8-13;/h12H,4-9H2,1-3H3;1H/q+1;/p-1. The van der Waals surface area contributed by atoms with E-state index in [1.165, 1.54) is 37.0 Å². The Hall–Kier alpha value is 0.500. The quantitative estimate of drug-likeness (QED) is 0.499. The summed E-state index contributed by atoms with van der Waals surface area (Å²) in [7, 11) is 2.36. The second-order valence-corrected chi connectivity index (χ2v) is 5.41. The average molecular weight is 241 g/mol. The summed E-state index contributed by atoms with van der Waals surface area (Å²) >= 11 is 5.67. The van der Waals surface area contributed by atoms with Crippen LogP contribution >= 0.6 is 11.8 Å². The van der Waals surface area contributed by atoms with E-state index in [4.69, 9.17) is 11.8 Å². The summed E-state index contributed by atoms with van der Waals surface area (Å²) in [5.41, 5.74) is 0.0748. The minimum Gasteiger partial charge on any atom is -1.00 e. The lowest BCUT2D eigenvalue weighted by Gasteiger charge is -2.33. The number of nitrogens with one attached hydrogen (secondary N) is 1. The first-order chi connectivity index (χ1) is 5.97. The number of nitrogens with zero attached hydrogens (tertiary/aromatic N) is 1. The van der Waals surface area contributed by atoms with Crippen molar-refractivity contribution >= 4 is 11.8 Å². The van der Waals surface area contributed by atoms with Crippen LogP contribution in [-0.2, 0) is 0 Å². The molecule has 0 atom stereocenters. The summed E-state index contributed by atoms with van der Waals surface area (Å²) in [5.74, 6) is 0. The van der Waals surface area contributed by atoms with Gasteiger partial charge in [-0.2, -0.15) is 0 Å². The van der Waals surface area contributed by atoms with Crippen LogP contribution in [0.25, 0.3) is 0 Å². The Morgan fingerprint density at radius 2 is 1.79 bits per heavy atom. The molecular formula is C10H22Cl2N2. The molecule has 0 aromatic carbocycles. The molecule has 0 saturated carbocycles. The number of quaternary nitrogens is 1. The fourth-order valence-electron chi connectivity index (χ4n) is 1.92. The van der Waals surface area contributed by atoms with E-state index in [-0.39, 0.29) is 17.9 Å². The Labute approximate surface area is 99.1 Å². The Bertz CT molecular complexity index is 166. The van der Waals surface area contributed by atoms with Gasteiger partial charge in [0, 0.05) is 24.8 Å². The van der Waals surface area contributed by atoms with E-state index in [0.717, 1.165) is 6.42 Å². The molecule has 0 unspecified atom stereocenters. The molecule has 0 aromatic rings. The molecule has 0 aliphatic carbocycles. The van der Waals surface area contributed by atoms with Gasteiger partial charge in [0.25, 0.3) is 0 Å². The number of rotatable bonds is 4. The Morgan fingerprint density at radius 3 is 2.21 bits per heavy atom. The van der Waals surface area contributed by atoms with E-state index in [9.17, 15) is 0 Å². The molecule has 2 nitrogen and oxygen atoms in total. The second kappa shape index (κ2) is 5.55. The zero-order chi connectivity index (χ0) is 9.95. The van der Waals surface area contributed by atoms with Crippen molar-refractivity contribution in [1.29, 1.82) is 0 Å². The van der Waals surface area contributed by atoms with Gasteiger partial charge in [0.05, 0.1) is 26.7 Å². The molecule has 86 valence electrons. The van der Waals surface area contributed by atoms with Crippen LogP contribution in [0.2, 0.25) is 0 Å². The Morgan fingerprint density at radius 1 is 1.29 bits per heavy atom. The van der Waals surface area contributed by atoms with Crippen molar-refractivity contribution < 1.29 is 16.9 Å². The molecule has 0 amide bonds. The van der Waals surface area contributed by atoms with Gasteiger partial charge in [-0.1, -0.05) is 0 Å². The maximum Gasteiger partial charge on any atom is 0.0802 e. The molecule has 1 heterocycles. The highest BCUT2D eigenvalue weighted by Gasteiger charge is 2.29. The number of likely N-dealkylation sites (tertiary alicyclic amines) is 1. The van der Waals surface area contributed by atoms with Crippen LogP contribution in [0.15, 0.2) is 0 Å². The van der Waals surface area contributed by atoms with E-state index in [0.29, 0.717) is 0 Å². The van der Waals surface area contributed by atoms with E-state index in [1.807, 2.05) is 0 Å². The van der Waals surface area contributed by atoms with Gasteiger partial charge in [0.2, 0.25) is 0 Å². The van der Waals surface area contributed by atoms with Crippen molar-refractivity contribution in [3.05, 3.63) is 0 Å². The second-order valence-electron chi connectivity index (χ2n) is 5.23. The predicted octanol–water partition coefficient (Wildman–Crippen LogP) is -0.857. The molecule has 14 heavy (non-hydrogen) atoms. The summed E-state index contributed by atoms with van der Waals surface area (Å²) < 4.78 is 1.24. The number of hydrogen-bond acceptors (Lipinski definition) is 1. The van der Waals surface area contributed by atoms with Gasteiger partial charge in [0.1, 0.15) is 0 Å². The zero-order valence-electron chi connectivity index (χ0n) is 9.45. The van der Waals surface area contributed by atoms with Crippen molar-refractivity contribution in [3.8, 4) is 0 Å². The topological polar surface area (TPSA) is 12.0 Å². The Kier molecular flexibility index (Phi) is 5.75. The lowest BCUT2D eigenvalue weighted by molar-refractivity contribution is -0.898. The minimum atomic E-state index is 0. The molecule has 0 spiro atoms. The first-order valence-electron chi connectivity index (χ1n) is 5.19. The minimum absolute atomic E-state index is 0. The van der Waals surface area contributed by atoms with Gasteiger partial charge in [0.15, 0.2) is 0 Å². The molecule has 1 aliphatic rings. The predicted molar refractivity (Wildman–Crippen MR) is 57.7 cm³/mol. The largest absolute Gasteiger partial charge is 1.00 e. The molecule has 0 radical (unpaired) electrons. The van der Waals surface area contributed by atoms with Crippen LogP contribution in [0.1, 0.15) is 33.1 Å². The van der Waals surface area contributed by atoms with E-state index in [2.05, 4.69) is 25.7 Å². The molecule has 1 rings (SSSR count). The van der Waals surface area contributed by atoms with Crippen LogP contribution in [-0.4, -0.2) is 36.7 Å². The summed E-state index contributed by atoms with van der Waals surface area (Å²) in [6.45, 7) is 8.24. The molecule has 1 saturated heterocycles. The summed E-state index contributed by atoms with van der Waals surface area (Å²) in [6, 6.07) is 0. The third-order valence-corrected chi connectivity index (χ3v) is 3.69. The fourth-order valence-corrected chi connectivity index (χ4v) is 2.01. The molecule has 4 heteroatoms. The number of halogens is 2. The maximum atomic E-state index is 5.67. The smallest absolute Gasteiger partial charge is 0.0802 e. The highest BCUT2D eigenvalue weighted by molar-refractivity contribution is 6.13. The normalized spacial score (nSPS) is 20.6. The van der Waals surface area contributed by atoms with Gasteiger partial charge < -0.3 is 16.9 Å². The zero-order valence-corrected chi connectivity index (χ0v) is 11.0. The van der Waals surface area contributed by atoms with Gasteiger partial charge in [-0.25, -0.2) is 4.84 Å². The molecule has 1 N–H and O–H groups in total. The third-order valence-electron chi connectivity index (χ3n) is 3.18. The fraction of sp³-hybridized carbons (Fsp3) is 1.00. The van der Waals surface area contributed by atoms with E-state index in [1.54, 1.807) is 0 Å². The van der Waals surface area contributed by atoms with Crippen molar-refractivity contribution in [2.45, 2.75) is 38.6 Å². The first kappa shape index (κ1) is 14.5. The van der Waals surface area contributed by atoms with Crippen LogP contribution in [0, 0.1) is 0 Å². The maximum absolute atomic E-state index is 5.67. The molecule has 1 fully saturated rings. The van der Waals surface area contributed by atoms with Gasteiger partial charge in [-0.15, -0.1) is 0 Å². The van der Waals surface area contributed by atoms with E-state index < -0.39 is 0 Å². The van der Waals surface area contributed by atoms with Crippen molar-refractivity contribution in [2.24, 2.45) is 0 Å². The average Bonchev–Trinajstić information content (AvgIpc) is 2.50. The lowest BCUT2D eigenvalue weighted by atomic mass is 10.0. The SMILES string of the molecule is CC(C)(CC[N+]1(C)CCCC1)NCl.[Cl-]. The van der Waals surface area contributed by atoms with Crippen LogP contribution in [0.5, 0.6) is 0 Å². The summed E-state index contributed by atoms with van der Waals surface area (Å²) in [4.78, 5) is 2.84. The van der Waals surface area contributed by atoms with Crippen LogP contribution < -0.4 is 17.2 Å². The molecule has 1 aliphatic heterocycles. The molecule has 0 aromatic heterocycles. The van der Waals surface area contributed by atoms with Crippen LogP contribution in [0.4, 0.5) is 0 Å². The third kappa shape index (κ3) is 4.35. The van der Waals surface area contributed by atoms with Crippen LogP contribution in [0.3, 0.4) is 0 Å². The van der Waals surface area contributed by atoms with Gasteiger partial charge >= 0.3 is 0 Å².